The minimum absolute atomic E-state index is 0.489. The van der Waals surface area contributed by atoms with Gasteiger partial charge in [0.15, 0.2) is 5.60 Å². The van der Waals surface area contributed by atoms with Crippen LogP contribution in [-0.2, 0) is 27.5 Å². The molecule has 0 aliphatic rings. The number of furan rings is 1. The van der Waals surface area contributed by atoms with E-state index < -0.39 is 48.0 Å². The Bertz CT molecular complexity index is 930. The molecular formula is C23H30F2N2O8. The van der Waals surface area contributed by atoms with Crippen molar-refractivity contribution in [2.75, 3.05) is 27.2 Å². The van der Waals surface area contributed by atoms with Crippen LogP contribution in [0.15, 0.2) is 41.0 Å². The second kappa shape index (κ2) is 14.1. The summed E-state index contributed by atoms with van der Waals surface area (Å²) in [4.78, 5) is 34.7. The topological polar surface area (TPSA) is 152 Å². The van der Waals surface area contributed by atoms with Crippen molar-refractivity contribution in [1.29, 1.82) is 0 Å². The van der Waals surface area contributed by atoms with Gasteiger partial charge in [-0.25, -0.2) is 13.6 Å². The summed E-state index contributed by atoms with van der Waals surface area (Å²) in [7, 11) is 4.05. The molecule has 0 bridgehead atoms. The van der Waals surface area contributed by atoms with E-state index >= 15 is 0 Å². The van der Waals surface area contributed by atoms with Gasteiger partial charge in [-0.3, -0.25) is 14.5 Å². The first-order valence-electron chi connectivity index (χ1n) is 10.5. The number of carboxylic acid groups (broad SMARTS) is 3. The molecule has 0 amide bonds. The van der Waals surface area contributed by atoms with E-state index in [9.17, 15) is 23.2 Å². The highest BCUT2D eigenvalue weighted by atomic mass is 19.1. The number of rotatable bonds is 13. The van der Waals surface area contributed by atoms with Crippen LogP contribution in [-0.4, -0.2) is 80.9 Å². The van der Waals surface area contributed by atoms with Gasteiger partial charge in [-0.05, 0) is 56.9 Å². The highest BCUT2D eigenvalue weighted by Crippen LogP contribution is 2.16. The maximum atomic E-state index is 13.3. The summed E-state index contributed by atoms with van der Waals surface area (Å²) in [5.74, 6) is -5.25. The van der Waals surface area contributed by atoms with Crippen LogP contribution in [0.2, 0.25) is 0 Å². The van der Waals surface area contributed by atoms with Gasteiger partial charge in [0.05, 0.1) is 25.6 Å². The van der Waals surface area contributed by atoms with Gasteiger partial charge < -0.3 is 29.7 Å². The van der Waals surface area contributed by atoms with Crippen LogP contribution in [0.3, 0.4) is 0 Å². The number of benzene rings is 1. The van der Waals surface area contributed by atoms with Crippen LogP contribution in [0.25, 0.3) is 0 Å². The summed E-state index contributed by atoms with van der Waals surface area (Å²) >= 11 is 0. The summed E-state index contributed by atoms with van der Waals surface area (Å²) in [6.07, 6.45) is 0.323. The molecule has 1 aromatic heterocycles. The first-order valence-corrected chi connectivity index (χ1v) is 10.5. The van der Waals surface area contributed by atoms with Crippen molar-refractivity contribution < 1.29 is 48.0 Å². The second-order valence-electron chi connectivity index (χ2n) is 8.20. The van der Waals surface area contributed by atoms with Crippen molar-refractivity contribution in [3.63, 3.8) is 0 Å². The van der Waals surface area contributed by atoms with E-state index in [0.29, 0.717) is 18.7 Å². The lowest BCUT2D eigenvalue weighted by atomic mass is 9.96. The molecule has 1 heterocycles. The van der Waals surface area contributed by atoms with Crippen molar-refractivity contribution >= 4 is 17.9 Å². The van der Waals surface area contributed by atoms with Gasteiger partial charge in [-0.1, -0.05) is 0 Å². The number of halogens is 2. The lowest BCUT2D eigenvalue weighted by Crippen LogP contribution is -2.42. The molecule has 2 rings (SSSR count). The normalized spacial score (nSPS) is 11.3. The highest BCUT2D eigenvalue weighted by molar-refractivity contribution is 5.88. The first-order chi connectivity index (χ1) is 16.3. The molecule has 1 aromatic carbocycles. The van der Waals surface area contributed by atoms with Gasteiger partial charge >= 0.3 is 17.9 Å². The number of hydrogen-bond donors (Lipinski definition) is 4. The van der Waals surface area contributed by atoms with Crippen LogP contribution >= 0.6 is 0 Å². The molecule has 194 valence electrons. The molecule has 0 fully saturated rings. The van der Waals surface area contributed by atoms with Gasteiger partial charge in [-0.15, -0.1) is 0 Å². The Kier molecular flexibility index (Phi) is 12.0. The number of carbonyl (C=O) groups is 3. The van der Waals surface area contributed by atoms with Crippen molar-refractivity contribution in [3.8, 4) is 0 Å². The molecule has 0 spiro atoms. The maximum absolute atomic E-state index is 13.3. The summed E-state index contributed by atoms with van der Waals surface area (Å²) in [5, 5.41) is 33.8. The molecule has 0 radical (unpaired) electrons. The Labute approximate surface area is 201 Å². The molecular weight excluding hydrogens is 470 g/mol. The molecule has 10 nitrogen and oxygen atoms in total. The average molecular weight is 500 g/mol. The summed E-state index contributed by atoms with van der Waals surface area (Å²) in [6, 6.07) is 7.40. The Morgan fingerprint density at radius 1 is 0.943 bits per heavy atom. The van der Waals surface area contributed by atoms with E-state index in [1.807, 2.05) is 26.2 Å². The predicted octanol–water partition coefficient (Wildman–Crippen LogP) is 2.26. The fourth-order valence-electron chi connectivity index (χ4n) is 3.12. The van der Waals surface area contributed by atoms with Crippen molar-refractivity contribution in [2.45, 2.75) is 38.0 Å². The van der Waals surface area contributed by atoms with E-state index in [-0.39, 0.29) is 0 Å². The van der Waals surface area contributed by atoms with Gasteiger partial charge in [0.2, 0.25) is 0 Å². The first kappa shape index (κ1) is 29.7. The van der Waals surface area contributed by atoms with Crippen molar-refractivity contribution in [1.82, 2.24) is 9.80 Å². The van der Waals surface area contributed by atoms with Gasteiger partial charge in [-0.2, -0.15) is 0 Å². The van der Waals surface area contributed by atoms with E-state index in [0.717, 1.165) is 31.3 Å². The zero-order valence-corrected chi connectivity index (χ0v) is 19.5. The quantitative estimate of drug-likeness (QED) is 0.322. The zero-order valence-electron chi connectivity index (χ0n) is 19.5. The van der Waals surface area contributed by atoms with Crippen molar-refractivity contribution in [3.05, 3.63) is 59.6 Å². The van der Waals surface area contributed by atoms with Gasteiger partial charge in [0, 0.05) is 19.2 Å². The predicted molar refractivity (Wildman–Crippen MR) is 119 cm³/mol. The average Bonchev–Trinajstić information content (AvgIpc) is 3.19. The molecule has 0 saturated heterocycles. The van der Waals surface area contributed by atoms with Gasteiger partial charge in [0.1, 0.15) is 17.4 Å². The minimum atomic E-state index is -2.74. The highest BCUT2D eigenvalue weighted by Gasteiger charge is 2.40. The van der Waals surface area contributed by atoms with Crippen LogP contribution in [0, 0.1) is 11.6 Å². The number of hydrogen-bond acceptors (Lipinski definition) is 7. The summed E-state index contributed by atoms with van der Waals surface area (Å²) < 4.78 is 32.0. The minimum Gasteiger partial charge on any atom is -0.481 e. The monoisotopic (exact) mass is 500 g/mol. The lowest BCUT2D eigenvalue weighted by molar-refractivity contribution is -0.170. The van der Waals surface area contributed by atoms with E-state index in [2.05, 4.69) is 9.80 Å². The third-order valence-electron chi connectivity index (χ3n) is 4.65. The maximum Gasteiger partial charge on any atom is 0.336 e. The Balaban J connectivity index is 0.000000405. The molecule has 0 aliphatic carbocycles. The Hall–Kier alpha value is -3.35. The SMILES string of the molecule is CN(C)CCCN(Cc1cc(F)cc(F)c1)Cc1ccco1.O=C(O)CC(O)(CC(=O)O)C(=O)O. The molecule has 35 heavy (non-hydrogen) atoms. The fraction of sp³-hybridized carbons (Fsp3) is 0.435. The Morgan fingerprint density at radius 2 is 1.51 bits per heavy atom. The third-order valence-corrected chi connectivity index (χ3v) is 4.65. The van der Waals surface area contributed by atoms with Crippen LogP contribution in [0.5, 0.6) is 0 Å². The fourth-order valence-corrected chi connectivity index (χ4v) is 3.12. The van der Waals surface area contributed by atoms with E-state index in [1.165, 1.54) is 12.1 Å². The summed E-state index contributed by atoms with van der Waals surface area (Å²) in [6.45, 7) is 2.91. The Morgan fingerprint density at radius 3 is 1.94 bits per heavy atom. The second-order valence-corrected chi connectivity index (χ2v) is 8.20. The molecule has 2 aromatic rings. The third kappa shape index (κ3) is 12.1. The molecule has 0 saturated carbocycles. The largest absolute Gasteiger partial charge is 0.481 e. The zero-order chi connectivity index (χ0) is 26.6. The van der Waals surface area contributed by atoms with Crippen molar-refractivity contribution in [2.24, 2.45) is 0 Å². The molecule has 0 aliphatic heterocycles. The van der Waals surface area contributed by atoms with Crippen LogP contribution in [0.1, 0.15) is 30.6 Å². The number of nitrogens with zero attached hydrogens (tertiary/aromatic N) is 2. The molecule has 12 heteroatoms. The van der Waals surface area contributed by atoms with Crippen LogP contribution < -0.4 is 0 Å². The number of aliphatic carboxylic acids is 3. The van der Waals surface area contributed by atoms with Crippen LogP contribution in [0.4, 0.5) is 8.78 Å². The standard InChI is InChI=1S/C17H22F2N2O.C6H8O7/c1-20(2)6-4-7-21(13-17-5-3-8-22-17)12-14-9-15(18)11-16(19)10-14;7-3(8)1-6(13,5(11)12)2-4(9)10/h3,5,8-11H,4,6-7,12-13H2,1-2H3;13H,1-2H2,(H,7,8)(H,9,10)(H,11,12). The molecule has 0 atom stereocenters. The number of carboxylic acids is 3. The van der Waals surface area contributed by atoms with E-state index in [1.54, 1.807) is 6.26 Å². The smallest absolute Gasteiger partial charge is 0.336 e. The lowest BCUT2D eigenvalue weighted by Gasteiger charge is -2.22. The van der Waals surface area contributed by atoms with Gasteiger partial charge in [0.25, 0.3) is 0 Å². The molecule has 0 unspecified atom stereocenters. The number of aliphatic hydroxyl groups is 1. The van der Waals surface area contributed by atoms with E-state index in [4.69, 9.17) is 24.8 Å². The molecule has 4 N–H and O–H groups in total. The summed E-state index contributed by atoms with van der Waals surface area (Å²) in [5.41, 5.74) is -2.11.